The summed E-state index contributed by atoms with van der Waals surface area (Å²) in [5, 5.41) is 10.4. The van der Waals surface area contributed by atoms with Crippen LogP contribution in [0.25, 0.3) is 6.08 Å². The number of hydrogen-bond acceptors (Lipinski definition) is 2. The van der Waals surface area contributed by atoms with E-state index in [1.165, 1.54) is 12.5 Å². The molecule has 1 aromatic rings. The van der Waals surface area contributed by atoms with Gasteiger partial charge in [-0.3, -0.25) is 10.1 Å². The number of nitro groups is 1. The van der Waals surface area contributed by atoms with Gasteiger partial charge in [-0.25, -0.2) is 0 Å². The monoisotopic (exact) mass is 205 g/mol. The summed E-state index contributed by atoms with van der Waals surface area (Å²) in [4.78, 5) is 10.0. The van der Waals surface area contributed by atoms with Gasteiger partial charge in [0.2, 0.25) is 5.70 Å². The average Bonchev–Trinajstić information content (AvgIpc) is 2.18. The van der Waals surface area contributed by atoms with Crippen molar-refractivity contribution in [2.24, 2.45) is 0 Å². The summed E-state index contributed by atoms with van der Waals surface area (Å²) in [6.07, 6.45) is 1.57. The smallest absolute Gasteiger partial charge is 0.243 e. The lowest BCUT2D eigenvalue weighted by atomic mass is 10.0. The van der Waals surface area contributed by atoms with Gasteiger partial charge < -0.3 is 0 Å². The molecule has 1 aromatic carbocycles. The lowest BCUT2D eigenvalue weighted by Gasteiger charge is -2.04. The standard InChI is InChI=1S/C12H15NO2/c1-9(2)12-6-4-11(5-7-12)8-10(3)13(14)15/h4-9H,1-3H3/b10-8+. The van der Waals surface area contributed by atoms with Crippen LogP contribution in [0.5, 0.6) is 0 Å². The topological polar surface area (TPSA) is 43.1 Å². The van der Waals surface area contributed by atoms with Crippen molar-refractivity contribution >= 4 is 6.08 Å². The third-order valence-electron chi connectivity index (χ3n) is 2.27. The summed E-state index contributed by atoms with van der Waals surface area (Å²) in [5.41, 5.74) is 2.27. The second kappa shape index (κ2) is 4.73. The highest BCUT2D eigenvalue weighted by Gasteiger charge is 2.02. The number of nitrogens with zero attached hydrogens (tertiary/aromatic N) is 1. The molecule has 0 saturated carbocycles. The largest absolute Gasteiger partial charge is 0.259 e. The van der Waals surface area contributed by atoms with Gasteiger partial charge in [0, 0.05) is 13.0 Å². The van der Waals surface area contributed by atoms with Crippen molar-refractivity contribution in [1.82, 2.24) is 0 Å². The molecule has 1 rings (SSSR count). The Balaban J connectivity index is 2.90. The third-order valence-corrected chi connectivity index (χ3v) is 2.27. The van der Waals surface area contributed by atoms with Crippen LogP contribution in [-0.2, 0) is 0 Å². The van der Waals surface area contributed by atoms with Gasteiger partial charge >= 0.3 is 0 Å². The van der Waals surface area contributed by atoms with Crippen LogP contribution in [0.1, 0.15) is 37.8 Å². The fourth-order valence-corrected chi connectivity index (χ4v) is 1.27. The second-order valence-corrected chi connectivity index (χ2v) is 3.86. The molecule has 15 heavy (non-hydrogen) atoms. The fraction of sp³-hybridized carbons (Fsp3) is 0.333. The van der Waals surface area contributed by atoms with Gasteiger partial charge in [0.15, 0.2) is 0 Å². The van der Waals surface area contributed by atoms with E-state index >= 15 is 0 Å². The quantitative estimate of drug-likeness (QED) is 0.560. The maximum absolute atomic E-state index is 10.4. The Bertz CT molecular complexity index is 377. The number of allylic oxidation sites excluding steroid dienone is 1. The van der Waals surface area contributed by atoms with Crippen molar-refractivity contribution in [2.45, 2.75) is 26.7 Å². The van der Waals surface area contributed by atoms with Crippen LogP contribution in [0.4, 0.5) is 0 Å². The van der Waals surface area contributed by atoms with E-state index < -0.39 is 0 Å². The number of hydrogen-bond donors (Lipinski definition) is 0. The molecule has 0 bridgehead atoms. The molecular formula is C12H15NO2. The van der Waals surface area contributed by atoms with Crippen molar-refractivity contribution in [2.75, 3.05) is 0 Å². The van der Waals surface area contributed by atoms with Gasteiger partial charge in [0.05, 0.1) is 4.92 Å². The highest BCUT2D eigenvalue weighted by molar-refractivity contribution is 5.51. The van der Waals surface area contributed by atoms with Crippen LogP contribution in [0.15, 0.2) is 30.0 Å². The Kier molecular flexibility index (Phi) is 3.61. The normalized spacial score (nSPS) is 11.9. The van der Waals surface area contributed by atoms with E-state index in [-0.39, 0.29) is 10.6 Å². The van der Waals surface area contributed by atoms with E-state index in [0.717, 1.165) is 5.56 Å². The predicted molar refractivity (Wildman–Crippen MR) is 61.2 cm³/mol. The molecule has 3 nitrogen and oxygen atoms in total. The maximum Gasteiger partial charge on any atom is 0.243 e. The van der Waals surface area contributed by atoms with Crippen molar-refractivity contribution in [3.8, 4) is 0 Å². The first kappa shape index (κ1) is 11.4. The highest BCUT2D eigenvalue weighted by Crippen LogP contribution is 2.16. The molecule has 0 unspecified atom stereocenters. The number of benzene rings is 1. The summed E-state index contributed by atoms with van der Waals surface area (Å²) >= 11 is 0. The van der Waals surface area contributed by atoms with Crippen LogP contribution in [-0.4, -0.2) is 4.92 Å². The molecule has 0 aliphatic rings. The minimum atomic E-state index is -0.379. The molecule has 0 heterocycles. The molecule has 0 N–H and O–H groups in total. The molecule has 80 valence electrons. The van der Waals surface area contributed by atoms with Crippen molar-refractivity contribution in [1.29, 1.82) is 0 Å². The van der Waals surface area contributed by atoms with Crippen molar-refractivity contribution in [3.63, 3.8) is 0 Å². The summed E-state index contributed by atoms with van der Waals surface area (Å²) in [7, 11) is 0. The van der Waals surface area contributed by atoms with E-state index in [1.54, 1.807) is 6.08 Å². The second-order valence-electron chi connectivity index (χ2n) is 3.86. The van der Waals surface area contributed by atoms with Gasteiger partial charge in [-0.15, -0.1) is 0 Å². The first-order valence-electron chi connectivity index (χ1n) is 4.93. The molecule has 0 amide bonds. The number of rotatable bonds is 3. The summed E-state index contributed by atoms with van der Waals surface area (Å²) in [5.74, 6) is 0.486. The first-order valence-corrected chi connectivity index (χ1v) is 4.93. The summed E-state index contributed by atoms with van der Waals surface area (Å²) in [6, 6.07) is 7.82. The van der Waals surface area contributed by atoms with Gasteiger partial charge in [-0.1, -0.05) is 38.1 Å². The first-order chi connectivity index (χ1) is 7.00. The molecule has 0 aromatic heterocycles. The SMILES string of the molecule is C/C(=C\c1ccc(C(C)C)cc1)[N+](=O)[O-]. The zero-order valence-corrected chi connectivity index (χ0v) is 9.23. The molecule has 0 saturated heterocycles. The molecule has 0 fully saturated rings. The zero-order chi connectivity index (χ0) is 11.4. The Morgan fingerprint density at radius 3 is 2.27 bits per heavy atom. The summed E-state index contributed by atoms with van der Waals surface area (Å²) < 4.78 is 0. The summed E-state index contributed by atoms with van der Waals surface area (Å²) in [6.45, 7) is 5.73. The Hall–Kier alpha value is -1.64. The Morgan fingerprint density at radius 1 is 1.33 bits per heavy atom. The van der Waals surface area contributed by atoms with Gasteiger partial charge in [-0.05, 0) is 17.0 Å². The van der Waals surface area contributed by atoms with Gasteiger partial charge in [0.1, 0.15) is 0 Å². The lowest BCUT2D eigenvalue weighted by Crippen LogP contribution is -1.93. The fourth-order valence-electron chi connectivity index (χ4n) is 1.27. The van der Waals surface area contributed by atoms with Crippen LogP contribution in [0.2, 0.25) is 0 Å². The zero-order valence-electron chi connectivity index (χ0n) is 9.23. The Morgan fingerprint density at radius 2 is 1.87 bits per heavy atom. The van der Waals surface area contributed by atoms with Crippen LogP contribution >= 0.6 is 0 Å². The molecule has 0 atom stereocenters. The molecule has 3 heteroatoms. The minimum absolute atomic E-state index is 0.160. The third kappa shape index (κ3) is 3.20. The van der Waals surface area contributed by atoms with E-state index in [9.17, 15) is 10.1 Å². The molecule has 0 aliphatic heterocycles. The Labute approximate surface area is 89.6 Å². The molecule has 0 aliphatic carbocycles. The van der Waals surface area contributed by atoms with Gasteiger partial charge in [0.25, 0.3) is 0 Å². The van der Waals surface area contributed by atoms with Crippen molar-refractivity contribution < 1.29 is 4.92 Å². The average molecular weight is 205 g/mol. The van der Waals surface area contributed by atoms with E-state index in [0.29, 0.717) is 5.92 Å². The molecule has 0 spiro atoms. The van der Waals surface area contributed by atoms with E-state index in [1.807, 2.05) is 24.3 Å². The van der Waals surface area contributed by atoms with Crippen molar-refractivity contribution in [3.05, 3.63) is 51.2 Å². The molecular weight excluding hydrogens is 190 g/mol. The highest BCUT2D eigenvalue weighted by atomic mass is 16.6. The predicted octanol–water partition coefficient (Wildman–Crippen LogP) is 3.45. The van der Waals surface area contributed by atoms with Gasteiger partial charge in [-0.2, -0.15) is 0 Å². The van der Waals surface area contributed by atoms with E-state index in [2.05, 4.69) is 13.8 Å². The van der Waals surface area contributed by atoms with Crippen LogP contribution in [0, 0.1) is 10.1 Å². The minimum Gasteiger partial charge on any atom is -0.259 e. The maximum atomic E-state index is 10.4. The van der Waals surface area contributed by atoms with Crippen LogP contribution in [0.3, 0.4) is 0 Å². The lowest BCUT2D eigenvalue weighted by molar-refractivity contribution is -0.422. The van der Waals surface area contributed by atoms with Crippen LogP contribution < -0.4 is 0 Å². The molecule has 0 radical (unpaired) electrons. The van der Waals surface area contributed by atoms with E-state index in [4.69, 9.17) is 0 Å².